The molecular weight excluding hydrogens is 395 g/mol. The molecule has 0 radical (unpaired) electrons. The van der Waals surface area contributed by atoms with Crippen LogP contribution in [-0.2, 0) is 0 Å². The number of hydrogen-bond donors (Lipinski definition) is 0. The Kier molecular flexibility index (Phi) is 8.72. The molecule has 0 aliphatic heterocycles. The van der Waals surface area contributed by atoms with E-state index >= 15 is 0 Å². The summed E-state index contributed by atoms with van der Waals surface area (Å²) in [5.74, 6) is 5.61. The van der Waals surface area contributed by atoms with Crippen LogP contribution in [0.5, 0.6) is 5.75 Å². The number of halogens is 1. The van der Waals surface area contributed by atoms with E-state index in [0.29, 0.717) is 18.3 Å². The molecule has 1 nitrogen and oxygen atoms in total. The van der Waals surface area contributed by atoms with Crippen molar-refractivity contribution in [3.05, 3.63) is 42.2 Å². The highest BCUT2D eigenvalue weighted by Crippen LogP contribution is 2.51. The number of unbranched alkanes of at least 4 members (excludes halogenated alkanes) is 2. The molecule has 0 heterocycles. The van der Waals surface area contributed by atoms with Gasteiger partial charge in [0, 0.05) is 6.07 Å². The van der Waals surface area contributed by atoms with Crippen LogP contribution in [0, 0.1) is 35.4 Å². The lowest BCUT2D eigenvalue weighted by atomic mass is 9.60. The largest absolute Gasteiger partial charge is 0.489 e. The SMILES string of the molecule is C=CCOc1ccc(C2CCC3CC(C4CCC(CCCCC)CC4)CCC3C2)c(F)c1. The van der Waals surface area contributed by atoms with Crippen LogP contribution in [0.15, 0.2) is 30.9 Å². The molecule has 178 valence electrons. The Labute approximate surface area is 196 Å². The molecule has 0 amide bonds. The summed E-state index contributed by atoms with van der Waals surface area (Å²) < 4.78 is 20.3. The van der Waals surface area contributed by atoms with Crippen LogP contribution in [0.25, 0.3) is 0 Å². The van der Waals surface area contributed by atoms with E-state index in [2.05, 4.69) is 13.5 Å². The molecule has 32 heavy (non-hydrogen) atoms. The standard InChI is InChI=1S/C30H45FO/c1-3-5-6-7-22-8-10-23(11-9-22)24-12-13-26-20-27(15-14-25(26)19-24)29-17-16-28(21-30(29)31)32-18-4-2/h4,16-17,21-27H,2-3,5-15,18-20H2,1H3. The fraction of sp³-hybridized carbons (Fsp3) is 0.733. The maximum absolute atomic E-state index is 14.8. The monoisotopic (exact) mass is 440 g/mol. The highest BCUT2D eigenvalue weighted by Gasteiger charge is 2.39. The van der Waals surface area contributed by atoms with Gasteiger partial charge in [0.2, 0.25) is 0 Å². The summed E-state index contributed by atoms with van der Waals surface area (Å²) in [5.41, 5.74) is 0.915. The van der Waals surface area contributed by atoms with Gasteiger partial charge in [0.15, 0.2) is 0 Å². The van der Waals surface area contributed by atoms with Gasteiger partial charge in [0.25, 0.3) is 0 Å². The molecule has 3 fully saturated rings. The van der Waals surface area contributed by atoms with Gasteiger partial charge in [-0.05, 0) is 98.5 Å². The Bertz CT molecular complexity index is 720. The Hall–Kier alpha value is -1.31. The summed E-state index contributed by atoms with van der Waals surface area (Å²) >= 11 is 0. The first-order chi connectivity index (χ1) is 15.7. The van der Waals surface area contributed by atoms with Crippen molar-refractivity contribution in [2.75, 3.05) is 6.61 Å². The molecule has 4 rings (SSSR count). The molecule has 2 heteroatoms. The van der Waals surface area contributed by atoms with E-state index in [4.69, 9.17) is 4.74 Å². The zero-order valence-corrected chi connectivity index (χ0v) is 20.4. The summed E-state index contributed by atoms with van der Waals surface area (Å²) in [6, 6.07) is 5.48. The van der Waals surface area contributed by atoms with Crippen molar-refractivity contribution in [1.29, 1.82) is 0 Å². The van der Waals surface area contributed by atoms with Crippen molar-refractivity contribution >= 4 is 0 Å². The van der Waals surface area contributed by atoms with Gasteiger partial charge in [-0.3, -0.25) is 0 Å². The Morgan fingerprint density at radius 1 is 0.906 bits per heavy atom. The summed E-state index contributed by atoms with van der Waals surface area (Å²) in [4.78, 5) is 0. The fourth-order valence-corrected chi connectivity index (χ4v) is 7.35. The second kappa shape index (κ2) is 11.7. The zero-order valence-electron chi connectivity index (χ0n) is 20.4. The molecule has 3 saturated carbocycles. The topological polar surface area (TPSA) is 9.23 Å². The van der Waals surface area contributed by atoms with Gasteiger partial charge in [0.05, 0.1) is 0 Å². The average Bonchev–Trinajstić information content (AvgIpc) is 2.83. The third-order valence-electron chi connectivity index (χ3n) is 9.21. The molecule has 0 saturated heterocycles. The fourth-order valence-electron chi connectivity index (χ4n) is 7.35. The van der Waals surface area contributed by atoms with Crippen LogP contribution < -0.4 is 4.74 Å². The van der Waals surface area contributed by atoms with Crippen LogP contribution in [0.3, 0.4) is 0 Å². The van der Waals surface area contributed by atoms with E-state index in [-0.39, 0.29) is 5.82 Å². The number of rotatable bonds is 9. The van der Waals surface area contributed by atoms with Crippen molar-refractivity contribution in [1.82, 2.24) is 0 Å². The van der Waals surface area contributed by atoms with Crippen molar-refractivity contribution in [2.24, 2.45) is 29.6 Å². The molecule has 0 N–H and O–H groups in total. The Morgan fingerprint density at radius 2 is 1.59 bits per heavy atom. The van der Waals surface area contributed by atoms with E-state index in [0.717, 1.165) is 41.6 Å². The van der Waals surface area contributed by atoms with Gasteiger partial charge < -0.3 is 4.74 Å². The van der Waals surface area contributed by atoms with Crippen LogP contribution >= 0.6 is 0 Å². The van der Waals surface area contributed by atoms with E-state index < -0.39 is 0 Å². The summed E-state index contributed by atoms with van der Waals surface area (Å²) in [5, 5.41) is 0. The minimum absolute atomic E-state index is 0.0839. The normalized spacial score (nSPS) is 32.8. The number of fused-ring (bicyclic) bond motifs is 1. The Balaban J connectivity index is 1.25. The van der Waals surface area contributed by atoms with Crippen LogP contribution in [0.2, 0.25) is 0 Å². The summed E-state index contributed by atoms with van der Waals surface area (Å²) in [7, 11) is 0. The minimum Gasteiger partial charge on any atom is -0.489 e. The molecule has 3 aliphatic carbocycles. The van der Waals surface area contributed by atoms with Crippen LogP contribution in [0.1, 0.15) is 108 Å². The quantitative estimate of drug-likeness (QED) is 0.275. The predicted molar refractivity (Wildman–Crippen MR) is 133 cm³/mol. The molecule has 3 aliphatic rings. The number of benzene rings is 1. The average molecular weight is 441 g/mol. The third kappa shape index (κ3) is 5.97. The minimum atomic E-state index is -0.0839. The molecule has 4 unspecified atom stereocenters. The van der Waals surface area contributed by atoms with Crippen molar-refractivity contribution in [3.8, 4) is 5.75 Å². The third-order valence-corrected chi connectivity index (χ3v) is 9.21. The van der Waals surface area contributed by atoms with E-state index in [1.165, 1.54) is 83.5 Å². The van der Waals surface area contributed by atoms with Gasteiger partial charge in [-0.2, -0.15) is 0 Å². The lowest BCUT2D eigenvalue weighted by Gasteiger charge is -2.45. The highest BCUT2D eigenvalue weighted by molar-refractivity contribution is 5.31. The van der Waals surface area contributed by atoms with E-state index in [1.54, 1.807) is 12.1 Å². The van der Waals surface area contributed by atoms with Gasteiger partial charge in [0.1, 0.15) is 18.2 Å². The molecule has 1 aromatic rings. The maximum Gasteiger partial charge on any atom is 0.130 e. The first-order valence-corrected chi connectivity index (χ1v) is 13.7. The highest BCUT2D eigenvalue weighted by atomic mass is 19.1. The van der Waals surface area contributed by atoms with Gasteiger partial charge in [-0.1, -0.05) is 64.2 Å². The van der Waals surface area contributed by atoms with E-state index in [1.807, 2.05) is 12.1 Å². The smallest absolute Gasteiger partial charge is 0.130 e. The summed E-state index contributed by atoms with van der Waals surface area (Å²) in [6.07, 6.45) is 21.3. The number of ether oxygens (including phenoxy) is 1. The van der Waals surface area contributed by atoms with Crippen molar-refractivity contribution in [3.63, 3.8) is 0 Å². The number of hydrogen-bond acceptors (Lipinski definition) is 1. The predicted octanol–water partition coefficient (Wildman–Crippen LogP) is 9.08. The van der Waals surface area contributed by atoms with Crippen molar-refractivity contribution in [2.45, 2.75) is 103 Å². The van der Waals surface area contributed by atoms with Crippen LogP contribution in [-0.4, -0.2) is 6.61 Å². The lowest BCUT2D eigenvalue weighted by Crippen LogP contribution is -2.34. The van der Waals surface area contributed by atoms with E-state index in [9.17, 15) is 4.39 Å². The molecule has 1 aromatic carbocycles. The Morgan fingerprint density at radius 3 is 2.31 bits per heavy atom. The lowest BCUT2D eigenvalue weighted by molar-refractivity contribution is 0.0706. The first-order valence-electron chi connectivity index (χ1n) is 13.7. The van der Waals surface area contributed by atoms with Gasteiger partial charge >= 0.3 is 0 Å². The first kappa shape index (κ1) is 23.8. The van der Waals surface area contributed by atoms with Crippen LogP contribution in [0.4, 0.5) is 4.39 Å². The van der Waals surface area contributed by atoms with Gasteiger partial charge in [-0.25, -0.2) is 4.39 Å². The summed E-state index contributed by atoms with van der Waals surface area (Å²) in [6.45, 7) is 6.40. The molecule has 4 atom stereocenters. The molecular formula is C30H45FO. The second-order valence-corrected chi connectivity index (χ2v) is 11.2. The van der Waals surface area contributed by atoms with Crippen molar-refractivity contribution < 1.29 is 9.13 Å². The molecule has 0 aromatic heterocycles. The molecule has 0 spiro atoms. The maximum atomic E-state index is 14.8. The molecule has 0 bridgehead atoms. The van der Waals surface area contributed by atoms with Gasteiger partial charge in [-0.15, -0.1) is 0 Å². The second-order valence-electron chi connectivity index (χ2n) is 11.2. The zero-order chi connectivity index (χ0) is 22.3.